The molecule has 0 spiro atoms. The largest absolute Gasteiger partial charge is 0.334 e. The minimum Gasteiger partial charge on any atom is -0.334 e. The van der Waals surface area contributed by atoms with Crippen LogP contribution in [0.2, 0.25) is 0 Å². The van der Waals surface area contributed by atoms with E-state index in [1.54, 1.807) is 6.33 Å². The predicted molar refractivity (Wildman–Crippen MR) is 193 cm³/mol. The summed E-state index contributed by atoms with van der Waals surface area (Å²) < 4.78 is 4.47. The van der Waals surface area contributed by atoms with E-state index in [0.29, 0.717) is 0 Å². The van der Waals surface area contributed by atoms with E-state index in [1.165, 1.54) is 21.5 Å². The number of anilines is 4. The van der Waals surface area contributed by atoms with E-state index in [4.69, 9.17) is 15.0 Å². The maximum absolute atomic E-state index is 4.98. The molecule has 1 aliphatic heterocycles. The molecule has 0 aliphatic carbocycles. The fourth-order valence-corrected chi connectivity index (χ4v) is 7.34. The molecule has 0 saturated carbocycles. The Labute approximate surface area is 275 Å². The molecule has 0 radical (unpaired) electrons. The summed E-state index contributed by atoms with van der Waals surface area (Å²) in [7, 11) is 0. The SMILES string of the molecule is c1ccc2c(c1)c1ccccc1n2-c1ccc(N2CCN(c3ccc(-n4c5ccccc5c5ccccc54)nc3)c3ncncc32)cn1. The van der Waals surface area contributed by atoms with Crippen LogP contribution in [-0.2, 0) is 0 Å². The minimum absolute atomic E-state index is 0.731. The van der Waals surface area contributed by atoms with Gasteiger partial charge in [-0.1, -0.05) is 72.8 Å². The van der Waals surface area contributed by atoms with Crippen molar-refractivity contribution in [2.45, 2.75) is 0 Å². The van der Waals surface area contributed by atoms with Crippen molar-refractivity contribution >= 4 is 66.5 Å². The molecule has 8 heteroatoms. The Hall–Kier alpha value is -6.54. The van der Waals surface area contributed by atoms with Crippen LogP contribution < -0.4 is 9.80 Å². The summed E-state index contributed by atoms with van der Waals surface area (Å²) >= 11 is 0. The van der Waals surface area contributed by atoms with Crippen molar-refractivity contribution in [3.63, 3.8) is 0 Å². The van der Waals surface area contributed by atoms with Crippen LogP contribution in [-0.4, -0.2) is 42.2 Å². The number of hydrogen-bond donors (Lipinski definition) is 0. The monoisotopic (exact) mass is 620 g/mol. The molecule has 0 unspecified atom stereocenters. The maximum Gasteiger partial charge on any atom is 0.160 e. The van der Waals surface area contributed by atoms with Gasteiger partial charge in [-0.05, 0) is 48.5 Å². The number of fused-ring (bicyclic) bond motifs is 7. The summed E-state index contributed by atoms with van der Waals surface area (Å²) in [4.78, 5) is 23.6. The van der Waals surface area contributed by atoms with E-state index in [-0.39, 0.29) is 0 Å². The molecular weight excluding hydrogens is 592 g/mol. The standard InChI is InChI=1S/C40H28N8/c1-5-13-33-29(9-1)30-10-2-6-14-34(30)47(33)38-19-17-27(23-42-38)45-21-22-46(40-37(45)25-41-26-44-40)28-18-20-39(43-24-28)48-35-15-7-3-11-31(35)32-12-4-8-16-36(32)48/h1-20,23-26H,21-22H2. The van der Waals surface area contributed by atoms with Crippen molar-refractivity contribution in [2.75, 3.05) is 22.9 Å². The first-order valence-corrected chi connectivity index (χ1v) is 16.1. The fraction of sp³-hybridized carbons (Fsp3) is 0.0500. The van der Waals surface area contributed by atoms with Gasteiger partial charge in [-0.15, -0.1) is 0 Å². The van der Waals surface area contributed by atoms with Gasteiger partial charge in [0.15, 0.2) is 5.82 Å². The van der Waals surface area contributed by atoms with Gasteiger partial charge in [-0.2, -0.15) is 0 Å². The molecule has 0 amide bonds. The van der Waals surface area contributed by atoms with Crippen LogP contribution in [0.4, 0.5) is 22.9 Å². The Morgan fingerprint density at radius 2 is 0.854 bits per heavy atom. The van der Waals surface area contributed by atoms with Gasteiger partial charge < -0.3 is 9.80 Å². The third-order valence-electron chi connectivity index (χ3n) is 9.47. The number of aromatic nitrogens is 6. The highest BCUT2D eigenvalue weighted by molar-refractivity contribution is 6.10. The second kappa shape index (κ2) is 10.5. The maximum atomic E-state index is 4.98. The second-order valence-corrected chi connectivity index (χ2v) is 12.0. The van der Waals surface area contributed by atoms with E-state index >= 15 is 0 Å². The summed E-state index contributed by atoms with van der Waals surface area (Å²) in [5.41, 5.74) is 7.48. The van der Waals surface area contributed by atoms with Crippen LogP contribution in [0.1, 0.15) is 0 Å². The zero-order chi connectivity index (χ0) is 31.6. The topological polar surface area (TPSA) is 67.9 Å². The van der Waals surface area contributed by atoms with Crippen LogP contribution in [0, 0.1) is 0 Å². The number of rotatable bonds is 4. The number of pyridine rings is 2. The molecular formula is C40H28N8. The van der Waals surface area contributed by atoms with Gasteiger partial charge in [-0.25, -0.2) is 19.9 Å². The minimum atomic E-state index is 0.731. The molecule has 0 bridgehead atoms. The highest BCUT2D eigenvalue weighted by Gasteiger charge is 2.27. The van der Waals surface area contributed by atoms with Crippen LogP contribution >= 0.6 is 0 Å². The number of para-hydroxylation sites is 4. The van der Waals surface area contributed by atoms with Crippen molar-refractivity contribution in [3.05, 3.63) is 146 Å². The van der Waals surface area contributed by atoms with Gasteiger partial charge >= 0.3 is 0 Å². The first-order valence-electron chi connectivity index (χ1n) is 16.1. The molecule has 1 aliphatic rings. The molecule has 5 aromatic heterocycles. The molecule has 10 rings (SSSR count). The Morgan fingerprint density at radius 1 is 0.417 bits per heavy atom. The van der Waals surface area contributed by atoms with Gasteiger partial charge in [-0.3, -0.25) is 9.13 Å². The summed E-state index contributed by atoms with van der Waals surface area (Å²) in [6.07, 6.45) is 7.39. The molecule has 4 aromatic carbocycles. The smallest absolute Gasteiger partial charge is 0.160 e. The Balaban J connectivity index is 0.987. The summed E-state index contributed by atoms with van der Waals surface area (Å²) in [6, 6.07) is 42.4. The third-order valence-corrected chi connectivity index (χ3v) is 9.47. The zero-order valence-corrected chi connectivity index (χ0v) is 25.8. The highest BCUT2D eigenvalue weighted by Crippen LogP contribution is 2.40. The Kier molecular flexibility index (Phi) is 5.83. The molecule has 0 atom stereocenters. The van der Waals surface area contributed by atoms with Crippen LogP contribution in [0.5, 0.6) is 0 Å². The lowest BCUT2D eigenvalue weighted by molar-refractivity contribution is 0.821. The predicted octanol–water partition coefficient (Wildman–Crippen LogP) is 8.75. The van der Waals surface area contributed by atoms with Crippen LogP contribution in [0.3, 0.4) is 0 Å². The Bertz CT molecular complexity index is 2350. The molecule has 6 heterocycles. The normalized spacial score (nSPS) is 13.2. The zero-order valence-electron chi connectivity index (χ0n) is 25.8. The van der Waals surface area contributed by atoms with Gasteiger partial charge in [0.25, 0.3) is 0 Å². The first kappa shape index (κ1) is 26.7. The van der Waals surface area contributed by atoms with Crippen molar-refractivity contribution in [1.82, 2.24) is 29.1 Å². The van der Waals surface area contributed by atoms with E-state index in [1.807, 2.05) is 18.6 Å². The molecule has 48 heavy (non-hydrogen) atoms. The molecule has 0 fully saturated rings. The third kappa shape index (κ3) is 3.96. The quantitative estimate of drug-likeness (QED) is 0.196. The van der Waals surface area contributed by atoms with Crippen molar-refractivity contribution in [1.29, 1.82) is 0 Å². The van der Waals surface area contributed by atoms with Crippen LogP contribution in [0.15, 0.2) is 146 Å². The van der Waals surface area contributed by atoms with Crippen molar-refractivity contribution in [2.24, 2.45) is 0 Å². The van der Waals surface area contributed by atoms with Gasteiger partial charge in [0.05, 0.1) is 52.0 Å². The van der Waals surface area contributed by atoms with Crippen molar-refractivity contribution < 1.29 is 0 Å². The highest BCUT2D eigenvalue weighted by atomic mass is 15.3. The van der Waals surface area contributed by atoms with Gasteiger partial charge in [0.1, 0.15) is 23.7 Å². The van der Waals surface area contributed by atoms with E-state index in [2.05, 4.69) is 145 Å². The molecule has 9 aromatic rings. The van der Waals surface area contributed by atoms with Crippen molar-refractivity contribution in [3.8, 4) is 11.6 Å². The molecule has 228 valence electrons. The number of benzene rings is 4. The number of hydrogen-bond acceptors (Lipinski definition) is 6. The summed E-state index contributed by atoms with van der Waals surface area (Å²) in [5, 5.41) is 4.88. The molecule has 0 saturated heterocycles. The lowest BCUT2D eigenvalue weighted by Gasteiger charge is -2.37. The average Bonchev–Trinajstić information content (AvgIpc) is 3.68. The van der Waals surface area contributed by atoms with Gasteiger partial charge in [0.2, 0.25) is 0 Å². The van der Waals surface area contributed by atoms with E-state index in [0.717, 1.165) is 69.7 Å². The second-order valence-electron chi connectivity index (χ2n) is 12.0. The number of nitrogens with zero attached hydrogens (tertiary/aromatic N) is 8. The van der Waals surface area contributed by atoms with E-state index < -0.39 is 0 Å². The van der Waals surface area contributed by atoms with Gasteiger partial charge in [0, 0.05) is 34.6 Å². The van der Waals surface area contributed by atoms with Crippen LogP contribution in [0.25, 0.3) is 55.2 Å². The molecule has 8 nitrogen and oxygen atoms in total. The summed E-state index contributed by atoms with van der Waals surface area (Å²) in [6.45, 7) is 1.47. The Morgan fingerprint density at radius 3 is 1.31 bits per heavy atom. The lowest BCUT2D eigenvalue weighted by Crippen LogP contribution is -2.37. The molecule has 0 N–H and O–H groups in total. The summed E-state index contributed by atoms with van der Waals surface area (Å²) in [5.74, 6) is 2.61. The van der Waals surface area contributed by atoms with E-state index in [9.17, 15) is 0 Å². The lowest BCUT2D eigenvalue weighted by atomic mass is 10.2. The fourth-order valence-electron chi connectivity index (χ4n) is 7.34. The average molecular weight is 621 g/mol. The first-order chi connectivity index (χ1) is 23.8.